The van der Waals surface area contributed by atoms with E-state index < -0.39 is 0 Å². The third-order valence-corrected chi connectivity index (χ3v) is 4.67. The molecule has 2 bridgehead atoms. The molecule has 0 saturated carbocycles. The Kier molecular flexibility index (Phi) is 2.86. The van der Waals surface area contributed by atoms with Crippen molar-refractivity contribution in [3.63, 3.8) is 0 Å². The monoisotopic (exact) mass is 264 g/mol. The van der Waals surface area contributed by atoms with E-state index >= 15 is 0 Å². The zero-order chi connectivity index (χ0) is 13.5. The Labute approximate surface area is 120 Å². The first-order chi connectivity index (χ1) is 9.81. The topological polar surface area (TPSA) is 24.1 Å². The predicted octanol–water partition coefficient (Wildman–Crippen LogP) is 2.69. The molecule has 2 aromatic rings. The van der Waals surface area contributed by atoms with Crippen LogP contribution in [0.3, 0.4) is 0 Å². The van der Waals surface area contributed by atoms with Crippen LogP contribution in [0.1, 0.15) is 17.0 Å². The van der Waals surface area contributed by atoms with E-state index in [1.165, 1.54) is 22.3 Å². The molecule has 2 aliphatic heterocycles. The molecule has 0 spiro atoms. The van der Waals surface area contributed by atoms with Gasteiger partial charge in [-0.1, -0.05) is 54.1 Å². The van der Waals surface area contributed by atoms with Crippen molar-refractivity contribution in [2.24, 2.45) is 0 Å². The SMILES string of the molecule is Cc1cccc(-c2ccc(C3[C@@H]4CNC[C@H]3N4)cc2)c1. The lowest BCUT2D eigenvalue weighted by atomic mass is 9.75. The number of nitrogens with one attached hydrogen (secondary N) is 2. The maximum absolute atomic E-state index is 3.62. The highest BCUT2D eigenvalue weighted by Crippen LogP contribution is 2.34. The summed E-state index contributed by atoms with van der Waals surface area (Å²) < 4.78 is 0. The van der Waals surface area contributed by atoms with Crippen LogP contribution in [0.15, 0.2) is 48.5 Å². The Morgan fingerprint density at radius 1 is 0.900 bits per heavy atom. The first kappa shape index (κ1) is 12.1. The van der Waals surface area contributed by atoms with Gasteiger partial charge in [0.2, 0.25) is 0 Å². The fourth-order valence-corrected chi connectivity index (χ4v) is 3.60. The highest BCUT2D eigenvalue weighted by molar-refractivity contribution is 5.64. The van der Waals surface area contributed by atoms with E-state index in [9.17, 15) is 0 Å². The van der Waals surface area contributed by atoms with E-state index in [-0.39, 0.29) is 0 Å². The molecular weight excluding hydrogens is 244 g/mol. The van der Waals surface area contributed by atoms with E-state index in [4.69, 9.17) is 0 Å². The second kappa shape index (κ2) is 4.72. The Bertz CT molecular complexity index is 604. The zero-order valence-electron chi connectivity index (χ0n) is 11.8. The average molecular weight is 264 g/mol. The number of hydrogen-bond donors (Lipinski definition) is 2. The quantitative estimate of drug-likeness (QED) is 0.871. The van der Waals surface area contributed by atoms with Gasteiger partial charge in [-0.25, -0.2) is 0 Å². The van der Waals surface area contributed by atoms with Gasteiger partial charge in [0, 0.05) is 31.1 Å². The van der Waals surface area contributed by atoms with Crippen molar-refractivity contribution >= 4 is 0 Å². The number of rotatable bonds is 2. The normalized spacial score (nSPS) is 27.9. The minimum absolute atomic E-state index is 0.624. The average Bonchev–Trinajstić information content (AvgIpc) is 2.49. The number of piperazine rings is 1. The van der Waals surface area contributed by atoms with Gasteiger partial charge < -0.3 is 10.6 Å². The van der Waals surface area contributed by atoms with Gasteiger partial charge in [0.05, 0.1) is 0 Å². The number of benzene rings is 2. The largest absolute Gasteiger partial charge is 0.314 e. The van der Waals surface area contributed by atoms with Crippen molar-refractivity contribution in [2.45, 2.75) is 24.9 Å². The van der Waals surface area contributed by atoms with Crippen LogP contribution in [0.25, 0.3) is 11.1 Å². The molecule has 1 unspecified atom stereocenters. The molecule has 2 aromatic carbocycles. The molecule has 3 atom stereocenters. The Balaban J connectivity index is 1.60. The fraction of sp³-hybridized carbons (Fsp3) is 0.333. The summed E-state index contributed by atoms with van der Waals surface area (Å²) >= 11 is 0. The minimum atomic E-state index is 0.624. The number of fused-ring (bicyclic) bond motifs is 2. The second-order valence-electron chi connectivity index (χ2n) is 6.06. The Morgan fingerprint density at radius 2 is 1.65 bits per heavy atom. The molecule has 2 N–H and O–H groups in total. The summed E-state index contributed by atoms with van der Waals surface area (Å²) in [5.41, 5.74) is 5.42. The van der Waals surface area contributed by atoms with Gasteiger partial charge in [0.15, 0.2) is 0 Å². The third-order valence-electron chi connectivity index (χ3n) is 4.67. The van der Waals surface area contributed by atoms with Crippen molar-refractivity contribution < 1.29 is 0 Å². The molecule has 2 aliphatic rings. The molecule has 2 heteroatoms. The highest BCUT2D eigenvalue weighted by atomic mass is 15.2. The summed E-state index contributed by atoms with van der Waals surface area (Å²) in [4.78, 5) is 0. The minimum Gasteiger partial charge on any atom is -0.314 e. The lowest BCUT2D eigenvalue weighted by Crippen LogP contribution is -2.71. The molecule has 20 heavy (non-hydrogen) atoms. The molecule has 2 fully saturated rings. The highest BCUT2D eigenvalue weighted by Gasteiger charge is 2.43. The van der Waals surface area contributed by atoms with Crippen LogP contribution in [-0.4, -0.2) is 25.2 Å². The number of hydrogen-bond acceptors (Lipinski definition) is 2. The summed E-state index contributed by atoms with van der Waals surface area (Å²) in [6, 6.07) is 19.1. The number of aryl methyl sites for hydroxylation is 1. The fourth-order valence-electron chi connectivity index (χ4n) is 3.60. The molecule has 4 rings (SSSR count). The van der Waals surface area contributed by atoms with Crippen molar-refractivity contribution in [3.05, 3.63) is 59.7 Å². The Hall–Kier alpha value is -1.64. The van der Waals surface area contributed by atoms with Crippen LogP contribution in [0, 0.1) is 6.92 Å². The lowest BCUT2D eigenvalue weighted by Gasteiger charge is -2.51. The maximum atomic E-state index is 3.62. The van der Waals surface area contributed by atoms with Gasteiger partial charge >= 0.3 is 0 Å². The summed E-state index contributed by atoms with van der Waals surface area (Å²) in [5.74, 6) is 0.697. The van der Waals surface area contributed by atoms with E-state index in [1.807, 2.05) is 0 Å². The van der Waals surface area contributed by atoms with E-state index in [0.717, 1.165) is 13.1 Å². The van der Waals surface area contributed by atoms with Crippen LogP contribution in [0.5, 0.6) is 0 Å². The third kappa shape index (κ3) is 1.96. The molecule has 0 radical (unpaired) electrons. The van der Waals surface area contributed by atoms with Crippen molar-refractivity contribution in [2.75, 3.05) is 13.1 Å². The molecule has 2 heterocycles. The molecule has 2 nitrogen and oxygen atoms in total. The van der Waals surface area contributed by atoms with Crippen molar-refractivity contribution in [1.82, 2.24) is 10.6 Å². The van der Waals surface area contributed by atoms with Gasteiger partial charge in [0.1, 0.15) is 0 Å². The lowest BCUT2D eigenvalue weighted by molar-refractivity contribution is 0.157. The van der Waals surface area contributed by atoms with E-state index in [1.54, 1.807) is 0 Å². The second-order valence-corrected chi connectivity index (χ2v) is 6.06. The van der Waals surface area contributed by atoms with Crippen LogP contribution < -0.4 is 10.6 Å². The van der Waals surface area contributed by atoms with Gasteiger partial charge in [-0.05, 0) is 23.6 Å². The predicted molar refractivity (Wildman–Crippen MR) is 82.9 cm³/mol. The summed E-state index contributed by atoms with van der Waals surface area (Å²) in [6.07, 6.45) is 0. The van der Waals surface area contributed by atoms with E-state index in [2.05, 4.69) is 66.1 Å². The van der Waals surface area contributed by atoms with Crippen LogP contribution in [0.2, 0.25) is 0 Å². The summed E-state index contributed by atoms with van der Waals surface area (Å²) in [7, 11) is 0. The van der Waals surface area contributed by atoms with Gasteiger partial charge in [0.25, 0.3) is 0 Å². The number of piperidine rings is 1. The molecule has 102 valence electrons. The van der Waals surface area contributed by atoms with Crippen LogP contribution >= 0.6 is 0 Å². The summed E-state index contributed by atoms with van der Waals surface area (Å²) in [6.45, 7) is 4.34. The van der Waals surface area contributed by atoms with E-state index in [0.29, 0.717) is 18.0 Å². The summed E-state index contributed by atoms with van der Waals surface area (Å²) in [5, 5.41) is 7.08. The van der Waals surface area contributed by atoms with Crippen molar-refractivity contribution in [3.8, 4) is 11.1 Å². The molecule has 0 aliphatic carbocycles. The maximum Gasteiger partial charge on any atom is 0.0279 e. The van der Waals surface area contributed by atoms with Gasteiger partial charge in [-0.2, -0.15) is 0 Å². The van der Waals surface area contributed by atoms with Gasteiger partial charge in [-0.15, -0.1) is 0 Å². The molecule has 2 saturated heterocycles. The zero-order valence-corrected chi connectivity index (χ0v) is 11.8. The van der Waals surface area contributed by atoms with Gasteiger partial charge in [-0.3, -0.25) is 0 Å². The van der Waals surface area contributed by atoms with Crippen LogP contribution in [-0.2, 0) is 0 Å². The molecule has 0 amide bonds. The first-order valence-electron chi connectivity index (χ1n) is 7.45. The standard InChI is InChI=1S/C18H20N2/c1-12-3-2-4-15(9-12)13-5-7-14(8-6-13)18-16-10-19-11-17(18)20-16/h2-9,16-20H,10-11H2,1H3/t16-,17+,18?. The smallest absolute Gasteiger partial charge is 0.0279 e. The first-order valence-corrected chi connectivity index (χ1v) is 7.45. The molecular formula is C18H20N2. The molecule has 0 aromatic heterocycles. The Morgan fingerprint density at radius 3 is 2.30 bits per heavy atom. The van der Waals surface area contributed by atoms with Crippen LogP contribution in [0.4, 0.5) is 0 Å². The van der Waals surface area contributed by atoms with Crippen molar-refractivity contribution in [1.29, 1.82) is 0 Å².